The zero-order valence-corrected chi connectivity index (χ0v) is 11.4. The molecule has 2 nitrogen and oxygen atoms in total. The lowest BCUT2D eigenvalue weighted by atomic mass is 10.0. The lowest BCUT2D eigenvalue weighted by Gasteiger charge is -2.07. The SMILES string of the molecule is Cc1cccc(CC(=O)Cc2ccc(C(F)(F)F)cc2)n1. The molecule has 0 saturated heterocycles. The van der Waals surface area contributed by atoms with Crippen LogP contribution >= 0.6 is 0 Å². The van der Waals surface area contributed by atoms with Crippen LogP contribution in [0.1, 0.15) is 22.5 Å². The number of carbonyl (C=O) groups is 1. The summed E-state index contributed by atoms with van der Waals surface area (Å²) in [5, 5.41) is 0. The van der Waals surface area contributed by atoms with E-state index in [1.807, 2.05) is 19.1 Å². The van der Waals surface area contributed by atoms with Crippen molar-refractivity contribution in [3.05, 3.63) is 65.0 Å². The van der Waals surface area contributed by atoms with Gasteiger partial charge in [-0.15, -0.1) is 0 Å². The van der Waals surface area contributed by atoms with Gasteiger partial charge < -0.3 is 0 Å². The molecular weight excluding hydrogens is 279 g/mol. The lowest BCUT2D eigenvalue weighted by Crippen LogP contribution is -2.09. The molecule has 0 radical (unpaired) electrons. The Bertz CT molecular complexity index is 633. The Balaban J connectivity index is 2.00. The first-order valence-electron chi connectivity index (χ1n) is 6.45. The summed E-state index contributed by atoms with van der Waals surface area (Å²) in [5.74, 6) is -0.0761. The Morgan fingerprint density at radius 1 is 1.05 bits per heavy atom. The van der Waals surface area contributed by atoms with Crippen LogP contribution in [0, 0.1) is 6.92 Å². The van der Waals surface area contributed by atoms with Gasteiger partial charge in [0.15, 0.2) is 0 Å². The Morgan fingerprint density at radius 2 is 1.71 bits per heavy atom. The number of hydrogen-bond donors (Lipinski definition) is 0. The largest absolute Gasteiger partial charge is 0.416 e. The summed E-state index contributed by atoms with van der Waals surface area (Å²) >= 11 is 0. The van der Waals surface area contributed by atoms with Gasteiger partial charge >= 0.3 is 6.18 Å². The molecule has 1 heterocycles. The number of Topliss-reactive ketones (excluding diaryl/α,β-unsaturated/α-hetero) is 1. The van der Waals surface area contributed by atoms with Crippen molar-refractivity contribution < 1.29 is 18.0 Å². The average molecular weight is 293 g/mol. The predicted octanol–water partition coefficient (Wildman–Crippen LogP) is 3.76. The van der Waals surface area contributed by atoms with Crippen LogP contribution in [0.15, 0.2) is 42.5 Å². The molecule has 0 amide bonds. The number of rotatable bonds is 4. The number of carbonyl (C=O) groups excluding carboxylic acids is 1. The summed E-state index contributed by atoms with van der Waals surface area (Å²) in [5.41, 5.74) is 1.36. The molecule has 0 unspecified atom stereocenters. The molecule has 0 atom stereocenters. The van der Waals surface area contributed by atoms with Crippen LogP contribution in [0.5, 0.6) is 0 Å². The van der Waals surface area contributed by atoms with Crippen LogP contribution in [-0.2, 0) is 23.8 Å². The third-order valence-electron chi connectivity index (χ3n) is 3.01. The molecule has 0 fully saturated rings. The fraction of sp³-hybridized carbons (Fsp3) is 0.250. The number of alkyl halides is 3. The Kier molecular flexibility index (Phi) is 4.40. The summed E-state index contributed by atoms with van der Waals surface area (Å²) in [4.78, 5) is 16.1. The minimum Gasteiger partial charge on any atom is -0.299 e. The van der Waals surface area contributed by atoms with Crippen LogP contribution in [0.25, 0.3) is 0 Å². The van der Waals surface area contributed by atoms with E-state index in [9.17, 15) is 18.0 Å². The monoisotopic (exact) mass is 293 g/mol. The lowest BCUT2D eigenvalue weighted by molar-refractivity contribution is -0.137. The third-order valence-corrected chi connectivity index (χ3v) is 3.01. The van der Waals surface area contributed by atoms with Gasteiger partial charge in [-0.05, 0) is 36.8 Å². The van der Waals surface area contributed by atoms with E-state index in [4.69, 9.17) is 0 Å². The fourth-order valence-corrected chi connectivity index (χ4v) is 2.00. The van der Waals surface area contributed by atoms with Crippen molar-refractivity contribution in [2.45, 2.75) is 25.9 Å². The first kappa shape index (κ1) is 15.2. The van der Waals surface area contributed by atoms with E-state index in [0.717, 1.165) is 17.8 Å². The molecule has 1 aromatic carbocycles. The zero-order chi connectivity index (χ0) is 15.5. The molecule has 0 aliphatic rings. The van der Waals surface area contributed by atoms with Gasteiger partial charge in [0, 0.05) is 24.2 Å². The van der Waals surface area contributed by atoms with Crippen molar-refractivity contribution in [1.82, 2.24) is 4.98 Å². The second-order valence-electron chi connectivity index (χ2n) is 4.86. The standard InChI is InChI=1S/C16H14F3NO/c1-11-3-2-4-14(20-11)10-15(21)9-12-5-7-13(8-6-12)16(17,18)19/h2-8H,9-10H2,1H3. The number of halogens is 3. The van der Waals surface area contributed by atoms with E-state index in [0.29, 0.717) is 11.3 Å². The molecule has 0 N–H and O–H groups in total. The molecule has 2 aromatic rings. The Morgan fingerprint density at radius 3 is 2.29 bits per heavy atom. The fourth-order valence-electron chi connectivity index (χ4n) is 2.00. The van der Waals surface area contributed by atoms with Crippen LogP contribution in [0.4, 0.5) is 13.2 Å². The van der Waals surface area contributed by atoms with Gasteiger partial charge in [-0.25, -0.2) is 0 Å². The maximum atomic E-state index is 12.4. The normalized spacial score (nSPS) is 11.4. The summed E-state index contributed by atoms with van der Waals surface area (Å²) in [6.07, 6.45) is -4.06. The zero-order valence-electron chi connectivity index (χ0n) is 11.4. The molecule has 0 spiro atoms. The molecule has 0 saturated carbocycles. The van der Waals surface area contributed by atoms with Crippen molar-refractivity contribution in [2.75, 3.05) is 0 Å². The quantitative estimate of drug-likeness (QED) is 0.859. The number of benzene rings is 1. The first-order chi connectivity index (χ1) is 9.84. The number of ketones is 1. The Labute approximate surface area is 120 Å². The van der Waals surface area contributed by atoms with Crippen molar-refractivity contribution in [1.29, 1.82) is 0 Å². The van der Waals surface area contributed by atoms with E-state index in [2.05, 4.69) is 4.98 Å². The highest BCUT2D eigenvalue weighted by Gasteiger charge is 2.29. The molecule has 0 bridgehead atoms. The van der Waals surface area contributed by atoms with Gasteiger partial charge in [-0.3, -0.25) is 9.78 Å². The smallest absolute Gasteiger partial charge is 0.299 e. The topological polar surface area (TPSA) is 30.0 Å². The van der Waals surface area contributed by atoms with E-state index >= 15 is 0 Å². The van der Waals surface area contributed by atoms with Crippen molar-refractivity contribution in [3.8, 4) is 0 Å². The summed E-state index contributed by atoms with van der Waals surface area (Å²) < 4.78 is 37.3. The van der Waals surface area contributed by atoms with E-state index in [1.165, 1.54) is 12.1 Å². The minimum absolute atomic E-state index is 0.0761. The van der Waals surface area contributed by atoms with Gasteiger partial charge in [0.1, 0.15) is 5.78 Å². The number of nitrogens with zero attached hydrogens (tertiary/aromatic N) is 1. The van der Waals surface area contributed by atoms with Gasteiger partial charge in [-0.2, -0.15) is 13.2 Å². The van der Waals surface area contributed by atoms with Crippen LogP contribution in [0.3, 0.4) is 0 Å². The molecule has 2 rings (SSSR count). The molecule has 0 aliphatic carbocycles. The van der Waals surface area contributed by atoms with Crippen LogP contribution in [-0.4, -0.2) is 10.8 Å². The minimum atomic E-state index is -4.35. The van der Waals surface area contributed by atoms with Crippen LogP contribution in [0.2, 0.25) is 0 Å². The highest BCUT2D eigenvalue weighted by Crippen LogP contribution is 2.29. The van der Waals surface area contributed by atoms with E-state index in [1.54, 1.807) is 6.07 Å². The maximum absolute atomic E-state index is 12.4. The maximum Gasteiger partial charge on any atom is 0.416 e. The second-order valence-corrected chi connectivity index (χ2v) is 4.86. The average Bonchev–Trinajstić information content (AvgIpc) is 2.38. The highest BCUT2D eigenvalue weighted by molar-refractivity contribution is 5.82. The van der Waals surface area contributed by atoms with Gasteiger partial charge in [-0.1, -0.05) is 18.2 Å². The third kappa shape index (κ3) is 4.41. The number of pyridine rings is 1. The van der Waals surface area contributed by atoms with E-state index < -0.39 is 11.7 Å². The molecule has 5 heteroatoms. The first-order valence-corrected chi connectivity index (χ1v) is 6.45. The second kappa shape index (κ2) is 6.08. The van der Waals surface area contributed by atoms with Gasteiger partial charge in [0.2, 0.25) is 0 Å². The number of aryl methyl sites for hydroxylation is 1. The summed E-state index contributed by atoms with van der Waals surface area (Å²) in [7, 11) is 0. The predicted molar refractivity (Wildman–Crippen MR) is 72.8 cm³/mol. The number of aromatic nitrogens is 1. The van der Waals surface area contributed by atoms with Crippen LogP contribution < -0.4 is 0 Å². The molecule has 21 heavy (non-hydrogen) atoms. The summed E-state index contributed by atoms with van der Waals surface area (Å²) in [6, 6.07) is 10.1. The molecule has 110 valence electrons. The Hall–Kier alpha value is -2.17. The number of hydrogen-bond acceptors (Lipinski definition) is 2. The molecular formula is C16H14F3NO. The highest BCUT2D eigenvalue weighted by atomic mass is 19.4. The molecule has 1 aromatic heterocycles. The van der Waals surface area contributed by atoms with Gasteiger partial charge in [0.05, 0.1) is 5.56 Å². The van der Waals surface area contributed by atoms with Crippen molar-refractivity contribution >= 4 is 5.78 Å². The summed E-state index contributed by atoms with van der Waals surface area (Å²) in [6.45, 7) is 1.84. The van der Waals surface area contributed by atoms with Gasteiger partial charge in [0.25, 0.3) is 0 Å². The molecule has 0 aliphatic heterocycles. The van der Waals surface area contributed by atoms with Crippen molar-refractivity contribution in [2.24, 2.45) is 0 Å². The van der Waals surface area contributed by atoms with Crippen molar-refractivity contribution in [3.63, 3.8) is 0 Å². The van der Waals surface area contributed by atoms with E-state index in [-0.39, 0.29) is 18.6 Å².